The summed E-state index contributed by atoms with van der Waals surface area (Å²) in [4.78, 5) is 0. The molecule has 0 saturated heterocycles. The minimum Gasteiger partial charge on any atom is -0.508 e. The molecule has 2 aromatic rings. The van der Waals surface area contributed by atoms with Gasteiger partial charge >= 0.3 is 0 Å². The summed E-state index contributed by atoms with van der Waals surface area (Å²) in [6, 6.07) is 2.25. The molecule has 2 rings (SSSR count). The Balaban J connectivity index is 2.74. The molecular formula is C10H11N3O3. The van der Waals surface area contributed by atoms with Crippen molar-refractivity contribution in [1.29, 1.82) is 0 Å². The molecule has 0 spiro atoms. The molecule has 1 aromatic heterocycles. The summed E-state index contributed by atoms with van der Waals surface area (Å²) in [5.41, 5.74) is 6.56. The fourth-order valence-corrected chi connectivity index (χ4v) is 1.60. The number of anilines is 1. The van der Waals surface area contributed by atoms with E-state index in [1.807, 2.05) is 0 Å². The highest BCUT2D eigenvalue weighted by atomic mass is 16.3. The number of nitrogens with two attached hydrogens (primary N) is 1. The Morgan fingerprint density at radius 1 is 1.19 bits per heavy atom. The van der Waals surface area contributed by atoms with Crippen molar-refractivity contribution < 1.29 is 15.3 Å². The largest absolute Gasteiger partial charge is 0.508 e. The molecule has 0 fully saturated rings. The van der Waals surface area contributed by atoms with Crippen molar-refractivity contribution in [3.63, 3.8) is 0 Å². The first-order valence-electron chi connectivity index (χ1n) is 4.53. The van der Waals surface area contributed by atoms with Crippen molar-refractivity contribution >= 4 is 5.69 Å². The molecule has 16 heavy (non-hydrogen) atoms. The van der Waals surface area contributed by atoms with Crippen LogP contribution < -0.4 is 5.73 Å². The first kappa shape index (κ1) is 10.2. The number of hydrogen-bond donors (Lipinski definition) is 4. The molecule has 0 aliphatic rings. The van der Waals surface area contributed by atoms with Crippen LogP contribution in [-0.2, 0) is 7.05 Å². The molecule has 0 saturated carbocycles. The SMILES string of the molecule is Cn1ncc(N)c1-c1c(O)cc(O)cc1O. The van der Waals surface area contributed by atoms with Crippen molar-refractivity contribution in [1.82, 2.24) is 9.78 Å². The van der Waals surface area contributed by atoms with E-state index in [1.165, 1.54) is 10.9 Å². The monoisotopic (exact) mass is 221 g/mol. The Hall–Kier alpha value is -2.37. The number of hydrogen-bond acceptors (Lipinski definition) is 5. The van der Waals surface area contributed by atoms with Gasteiger partial charge in [0.1, 0.15) is 17.2 Å². The third-order valence-electron chi connectivity index (χ3n) is 2.29. The Morgan fingerprint density at radius 2 is 1.75 bits per heavy atom. The second-order valence-corrected chi connectivity index (χ2v) is 3.43. The van der Waals surface area contributed by atoms with E-state index in [9.17, 15) is 15.3 Å². The molecule has 0 unspecified atom stereocenters. The van der Waals surface area contributed by atoms with E-state index < -0.39 is 0 Å². The van der Waals surface area contributed by atoms with E-state index >= 15 is 0 Å². The summed E-state index contributed by atoms with van der Waals surface area (Å²) in [6.07, 6.45) is 1.42. The minimum atomic E-state index is -0.257. The topological polar surface area (TPSA) is 105 Å². The number of aromatic hydroxyl groups is 3. The first-order chi connectivity index (χ1) is 7.50. The van der Waals surface area contributed by atoms with Gasteiger partial charge < -0.3 is 21.1 Å². The van der Waals surface area contributed by atoms with Crippen LogP contribution in [-0.4, -0.2) is 25.1 Å². The van der Waals surface area contributed by atoms with E-state index in [1.54, 1.807) is 7.05 Å². The Kier molecular flexibility index (Phi) is 2.12. The maximum absolute atomic E-state index is 9.68. The average molecular weight is 221 g/mol. The molecule has 0 amide bonds. The summed E-state index contributed by atoms with van der Waals surface area (Å²) in [6.45, 7) is 0. The number of benzene rings is 1. The smallest absolute Gasteiger partial charge is 0.132 e. The number of phenolic OH excluding ortho intramolecular Hbond substituents is 3. The van der Waals surface area contributed by atoms with E-state index in [2.05, 4.69) is 5.10 Å². The number of aromatic nitrogens is 2. The molecule has 6 heteroatoms. The third-order valence-corrected chi connectivity index (χ3v) is 2.29. The van der Waals surface area contributed by atoms with Crippen molar-refractivity contribution in [2.24, 2.45) is 7.05 Å². The van der Waals surface area contributed by atoms with Gasteiger partial charge in [0.15, 0.2) is 0 Å². The fourth-order valence-electron chi connectivity index (χ4n) is 1.60. The molecule has 0 aliphatic heterocycles. The van der Waals surface area contributed by atoms with Gasteiger partial charge in [0.2, 0.25) is 0 Å². The molecular weight excluding hydrogens is 210 g/mol. The highest BCUT2D eigenvalue weighted by Crippen LogP contribution is 2.41. The van der Waals surface area contributed by atoms with Crippen LogP contribution in [0.2, 0.25) is 0 Å². The second-order valence-electron chi connectivity index (χ2n) is 3.43. The van der Waals surface area contributed by atoms with Crippen molar-refractivity contribution in [2.45, 2.75) is 0 Å². The highest BCUT2D eigenvalue weighted by molar-refractivity contribution is 5.82. The molecule has 6 nitrogen and oxygen atoms in total. The highest BCUT2D eigenvalue weighted by Gasteiger charge is 2.17. The van der Waals surface area contributed by atoms with Crippen LogP contribution in [0.3, 0.4) is 0 Å². The van der Waals surface area contributed by atoms with Crippen LogP contribution in [0.25, 0.3) is 11.3 Å². The standard InChI is InChI=1S/C10H11N3O3/c1-13-10(6(11)4-12-13)9-7(15)2-5(14)3-8(9)16/h2-4,14-16H,11H2,1H3. The van der Waals surface area contributed by atoms with Gasteiger partial charge in [-0.25, -0.2) is 0 Å². The lowest BCUT2D eigenvalue weighted by Gasteiger charge is -2.09. The van der Waals surface area contributed by atoms with E-state index in [4.69, 9.17) is 5.73 Å². The van der Waals surface area contributed by atoms with Gasteiger partial charge in [-0.05, 0) is 0 Å². The first-order valence-corrected chi connectivity index (χ1v) is 4.53. The summed E-state index contributed by atoms with van der Waals surface area (Å²) in [5, 5.41) is 32.4. The minimum absolute atomic E-state index is 0.148. The predicted molar refractivity (Wildman–Crippen MR) is 58.1 cm³/mol. The summed E-state index contributed by atoms with van der Waals surface area (Å²) in [5.74, 6) is -0.736. The maximum Gasteiger partial charge on any atom is 0.132 e. The second kappa shape index (κ2) is 3.34. The van der Waals surface area contributed by atoms with Gasteiger partial charge in [-0.15, -0.1) is 0 Å². The zero-order valence-corrected chi connectivity index (χ0v) is 8.55. The van der Waals surface area contributed by atoms with Gasteiger partial charge in [-0.1, -0.05) is 0 Å². The zero-order valence-electron chi connectivity index (χ0n) is 8.55. The van der Waals surface area contributed by atoms with Crippen LogP contribution in [0.4, 0.5) is 5.69 Å². The van der Waals surface area contributed by atoms with Crippen LogP contribution in [0.1, 0.15) is 0 Å². The molecule has 0 bridgehead atoms. The summed E-state index contributed by atoms with van der Waals surface area (Å²) < 4.78 is 1.43. The van der Waals surface area contributed by atoms with Crippen molar-refractivity contribution in [3.8, 4) is 28.5 Å². The average Bonchev–Trinajstić information content (AvgIpc) is 2.47. The van der Waals surface area contributed by atoms with Crippen molar-refractivity contribution in [2.75, 3.05) is 5.73 Å². The van der Waals surface area contributed by atoms with E-state index in [-0.39, 0.29) is 22.8 Å². The number of nitrogen functional groups attached to an aromatic ring is 1. The number of phenols is 3. The Labute approximate surface area is 91.2 Å². The number of nitrogens with zero attached hydrogens (tertiary/aromatic N) is 2. The van der Waals surface area contributed by atoms with Crippen LogP contribution in [0.5, 0.6) is 17.2 Å². The molecule has 5 N–H and O–H groups in total. The van der Waals surface area contributed by atoms with Gasteiger partial charge in [-0.3, -0.25) is 4.68 Å². The lowest BCUT2D eigenvalue weighted by Crippen LogP contribution is -1.96. The molecule has 1 heterocycles. The fraction of sp³-hybridized carbons (Fsp3) is 0.100. The Bertz CT molecular complexity index is 506. The third kappa shape index (κ3) is 1.40. The van der Waals surface area contributed by atoms with Gasteiger partial charge in [0, 0.05) is 19.2 Å². The van der Waals surface area contributed by atoms with Crippen molar-refractivity contribution in [3.05, 3.63) is 18.3 Å². The van der Waals surface area contributed by atoms with Gasteiger partial charge in [-0.2, -0.15) is 5.10 Å². The number of rotatable bonds is 1. The normalized spacial score (nSPS) is 10.6. The lowest BCUT2D eigenvalue weighted by molar-refractivity contribution is 0.430. The number of aryl methyl sites for hydroxylation is 1. The van der Waals surface area contributed by atoms with Gasteiger partial charge in [0.25, 0.3) is 0 Å². The maximum atomic E-state index is 9.68. The van der Waals surface area contributed by atoms with Crippen LogP contribution >= 0.6 is 0 Å². The molecule has 0 atom stereocenters. The van der Waals surface area contributed by atoms with Crippen LogP contribution in [0.15, 0.2) is 18.3 Å². The predicted octanol–water partition coefficient (Wildman–Crippen LogP) is 0.786. The lowest BCUT2D eigenvalue weighted by atomic mass is 10.1. The quantitative estimate of drug-likeness (QED) is 0.569. The molecule has 84 valence electrons. The van der Waals surface area contributed by atoms with Crippen LogP contribution in [0, 0.1) is 0 Å². The Morgan fingerprint density at radius 3 is 2.19 bits per heavy atom. The van der Waals surface area contributed by atoms with Gasteiger partial charge in [0.05, 0.1) is 23.1 Å². The zero-order chi connectivity index (χ0) is 11.9. The molecule has 1 aromatic carbocycles. The summed E-state index contributed by atoms with van der Waals surface area (Å²) >= 11 is 0. The van der Waals surface area contributed by atoms with E-state index in [0.29, 0.717) is 11.4 Å². The summed E-state index contributed by atoms with van der Waals surface area (Å²) in [7, 11) is 1.64. The molecule has 0 radical (unpaired) electrons. The molecule has 0 aliphatic carbocycles. The van der Waals surface area contributed by atoms with E-state index in [0.717, 1.165) is 12.1 Å².